The molecular formula is C22H21N2O6P. The predicted molar refractivity (Wildman–Crippen MR) is 114 cm³/mol. The van der Waals surface area contributed by atoms with Gasteiger partial charge in [-0.2, -0.15) is 0 Å². The second-order valence-corrected chi connectivity index (χ2v) is 8.55. The van der Waals surface area contributed by atoms with Gasteiger partial charge in [-0.15, -0.1) is 0 Å². The van der Waals surface area contributed by atoms with Gasteiger partial charge in [0, 0.05) is 16.5 Å². The molecular weight excluding hydrogens is 419 g/mol. The lowest BCUT2D eigenvalue weighted by Crippen LogP contribution is -2.45. The lowest BCUT2D eigenvalue weighted by Gasteiger charge is -2.34. The maximum absolute atomic E-state index is 13.3. The van der Waals surface area contributed by atoms with Crippen LogP contribution in [0.5, 0.6) is 0 Å². The largest absolute Gasteiger partial charge is 0.458 e. The van der Waals surface area contributed by atoms with E-state index in [9.17, 15) is 19.0 Å². The van der Waals surface area contributed by atoms with Crippen LogP contribution in [0.3, 0.4) is 0 Å². The Bertz CT molecular complexity index is 1350. The van der Waals surface area contributed by atoms with Crippen LogP contribution in [0.15, 0.2) is 35.1 Å². The number of hydrogen-bond acceptors (Lipinski definition) is 6. The highest BCUT2D eigenvalue weighted by molar-refractivity contribution is 7.32. The maximum atomic E-state index is 13.3. The fraction of sp³-hybridized carbons (Fsp3) is 0.318. The van der Waals surface area contributed by atoms with E-state index in [-0.39, 0.29) is 29.7 Å². The topological polar surface area (TPSA) is 108 Å². The summed E-state index contributed by atoms with van der Waals surface area (Å²) >= 11 is 0. The number of aryl methyl sites for hydroxylation is 1. The van der Waals surface area contributed by atoms with Crippen molar-refractivity contribution in [2.24, 2.45) is 0 Å². The van der Waals surface area contributed by atoms with Crippen LogP contribution in [0.2, 0.25) is 0 Å². The van der Waals surface area contributed by atoms with E-state index in [2.05, 4.69) is 13.0 Å². The Kier molecular flexibility index (Phi) is 4.62. The number of aromatic nitrogens is 2. The van der Waals surface area contributed by atoms with Gasteiger partial charge in [0.25, 0.3) is 5.56 Å². The first-order valence-electron chi connectivity index (χ1n) is 10.2. The first kappa shape index (κ1) is 20.1. The molecule has 5 rings (SSSR count). The number of pyridine rings is 2. The molecule has 4 heterocycles. The van der Waals surface area contributed by atoms with Crippen molar-refractivity contribution in [3.05, 3.63) is 62.9 Å². The molecule has 9 heteroatoms. The molecule has 0 saturated heterocycles. The van der Waals surface area contributed by atoms with Crippen LogP contribution in [0.1, 0.15) is 42.5 Å². The molecule has 0 spiro atoms. The Morgan fingerprint density at radius 2 is 2.06 bits per heavy atom. The molecule has 0 amide bonds. The molecule has 8 nitrogen and oxygen atoms in total. The van der Waals surface area contributed by atoms with E-state index in [1.807, 2.05) is 18.2 Å². The van der Waals surface area contributed by atoms with Crippen molar-refractivity contribution in [2.45, 2.75) is 45.4 Å². The van der Waals surface area contributed by atoms with Gasteiger partial charge >= 0.3 is 14.2 Å². The number of benzene rings is 1. The summed E-state index contributed by atoms with van der Waals surface area (Å²) in [6, 6.07) is 9.82. The van der Waals surface area contributed by atoms with Crippen LogP contribution in [-0.4, -0.2) is 20.4 Å². The monoisotopic (exact) mass is 440 g/mol. The van der Waals surface area contributed by atoms with Gasteiger partial charge < -0.3 is 14.2 Å². The van der Waals surface area contributed by atoms with Crippen molar-refractivity contribution < 1.29 is 23.5 Å². The van der Waals surface area contributed by atoms with Crippen LogP contribution in [0.25, 0.3) is 22.3 Å². The van der Waals surface area contributed by atoms with Crippen molar-refractivity contribution in [3.63, 3.8) is 0 Å². The van der Waals surface area contributed by atoms with Gasteiger partial charge in [0.1, 0.15) is 6.61 Å². The summed E-state index contributed by atoms with van der Waals surface area (Å²) in [4.78, 5) is 40.2. The van der Waals surface area contributed by atoms with E-state index in [0.717, 1.165) is 22.9 Å². The molecule has 1 N–H and O–H groups in total. The molecule has 160 valence electrons. The molecule has 31 heavy (non-hydrogen) atoms. The third-order valence-electron chi connectivity index (χ3n) is 6.21. The lowest BCUT2D eigenvalue weighted by atomic mass is 9.86. The third-order valence-corrected chi connectivity index (χ3v) is 6.73. The zero-order valence-corrected chi connectivity index (χ0v) is 18.1. The van der Waals surface area contributed by atoms with Crippen LogP contribution in [-0.2, 0) is 43.8 Å². The summed E-state index contributed by atoms with van der Waals surface area (Å²) in [5, 5.41) is 1.01. The van der Waals surface area contributed by atoms with E-state index in [1.165, 1.54) is 5.56 Å². The van der Waals surface area contributed by atoms with Gasteiger partial charge in [-0.05, 0) is 42.7 Å². The average Bonchev–Trinajstić information content (AvgIpc) is 3.11. The van der Waals surface area contributed by atoms with Crippen molar-refractivity contribution in [1.82, 2.24) is 9.55 Å². The lowest BCUT2D eigenvalue weighted by molar-refractivity contribution is -0.169. The Hall–Kier alpha value is -2.80. The van der Waals surface area contributed by atoms with Gasteiger partial charge in [0.2, 0.25) is 0 Å². The number of fused-ring (bicyclic) bond motifs is 5. The Balaban J connectivity index is 1.75. The minimum absolute atomic E-state index is 0.0521. The standard InChI is InChI=1S/C22H21N2O6P/c1-3-12-5-6-17-13(7-12)8-14-10-24-18(19(14)23-17)9-16-15(20(24)25)11-29-21(26)22(16,4-2)30-31(27)28/h5-9,31H,3-4,10-11H2,1-2H3,(H,27,28)/t22-/m0/s1. The fourth-order valence-corrected chi connectivity index (χ4v) is 5.20. The van der Waals surface area contributed by atoms with Gasteiger partial charge in [-0.1, -0.05) is 19.9 Å². The number of nitrogens with zero attached hydrogens (tertiary/aromatic N) is 2. The van der Waals surface area contributed by atoms with E-state index >= 15 is 0 Å². The van der Waals surface area contributed by atoms with Crippen LogP contribution >= 0.6 is 8.25 Å². The number of cyclic esters (lactones) is 1. The van der Waals surface area contributed by atoms with Crippen molar-refractivity contribution in [1.29, 1.82) is 0 Å². The molecule has 1 aromatic carbocycles. The number of esters is 1. The molecule has 2 aliphatic rings. The smallest absolute Gasteiger partial charge is 0.344 e. The molecule has 1 unspecified atom stereocenters. The van der Waals surface area contributed by atoms with E-state index in [4.69, 9.17) is 14.2 Å². The first-order chi connectivity index (χ1) is 14.9. The molecule has 2 aromatic heterocycles. The highest BCUT2D eigenvalue weighted by Crippen LogP contribution is 2.44. The van der Waals surface area contributed by atoms with E-state index < -0.39 is 19.8 Å². The Labute approximate surface area is 178 Å². The summed E-state index contributed by atoms with van der Waals surface area (Å²) in [7, 11) is -3.47. The van der Waals surface area contributed by atoms with Crippen LogP contribution in [0.4, 0.5) is 0 Å². The first-order valence-corrected chi connectivity index (χ1v) is 11.4. The second-order valence-electron chi connectivity index (χ2n) is 7.81. The highest BCUT2D eigenvalue weighted by Gasteiger charge is 2.49. The SMILES string of the molecule is CCc1ccc2nc3c(cc2c1)Cn1c-3cc2c(c1=O)COC(=O)[C@@]2(CC)O[PH](=O)O. The highest BCUT2D eigenvalue weighted by atomic mass is 31.1. The minimum Gasteiger partial charge on any atom is -0.458 e. The Morgan fingerprint density at radius 3 is 2.77 bits per heavy atom. The summed E-state index contributed by atoms with van der Waals surface area (Å²) < 4.78 is 23.6. The number of ether oxygens (including phenoxy) is 1. The van der Waals surface area contributed by atoms with Gasteiger partial charge in [0.05, 0.1) is 29.0 Å². The minimum atomic E-state index is -3.47. The molecule has 3 aromatic rings. The number of rotatable bonds is 4. The van der Waals surface area contributed by atoms with Crippen LogP contribution < -0.4 is 5.56 Å². The van der Waals surface area contributed by atoms with Gasteiger partial charge in [-0.3, -0.25) is 13.9 Å². The average molecular weight is 440 g/mol. The van der Waals surface area contributed by atoms with Gasteiger partial charge in [0.15, 0.2) is 5.60 Å². The summed E-state index contributed by atoms with van der Waals surface area (Å²) in [6.45, 7) is 3.90. The number of carbonyl (C=O) groups excluding carboxylic acids is 1. The van der Waals surface area contributed by atoms with Gasteiger partial charge in [-0.25, -0.2) is 9.78 Å². The molecule has 0 fully saturated rings. The van der Waals surface area contributed by atoms with E-state index in [1.54, 1.807) is 17.6 Å². The molecule has 0 saturated carbocycles. The summed E-state index contributed by atoms with van der Waals surface area (Å²) in [6.07, 6.45) is 0.969. The predicted octanol–water partition coefficient (Wildman–Crippen LogP) is 3.05. The number of carbonyl (C=O) groups is 1. The number of hydrogen-bond donors (Lipinski definition) is 1. The van der Waals surface area contributed by atoms with E-state index in [0.29, 0.717) is 17.9 Å². The molecule has 2 atom stereocenters. The molecule has 0 aliphatic carbocycles. The zero-order chi connectivity index (χ0) is 21.9. The third kappa shape index (κ3) is 2.90. The van der Waals surface area contributed by atoms with Crippen LogP contribution in [0, 0.1) is 0 Å². The maximum Gasteiger partial charge on any atom is 0.344 e. The normalized spacial score (nSPS) is 20.2. The van der Waals surface area contributed by atoms with Crippen molar-refractivity contribution in [2.75, 3.05) is 0 Å². The fourth-order valence-electron chi connectivity index (χ4n) is 4.56. The molecule has 2 aliphatic heterocycles. The summed E-state index contributed by atoms with van der Waals surface area (Å²) in [5.74, 6) is -0.768. The Morgan fingerprint density at radius 1 is 1.26 bits per heavy atom. The summed E-state index contributed by atoms with van der Waals surface area (Å²) in [5.41, 5.74) is 2.60. The molecule has 0 radical (unpaired) electrons. The molecule has 0 bridgehead atoms. The van der Waals surface area contributed by atoms with Crippen molar-refractivity contribution >= 4 is 25.1 Å². The second kappa shape index (κ2) is 7.12. The quantitative estimate of drug-likeness (QED) is 0.384. The zero-order valence-electron chi connectivity index (χ0n) is 17.1. The van der Waals surface area contributed by atoms with Crippen molar-refractivity contribution in [3.8, 4) is 11.4 Å².